The van der Waals surface area contributed by atoms with E-state index in [0.717, 1.165) is 46.6 Å². The maximum Gasteiger partial charge on any atom is 0.261 e. The summed E-state index contributed by atoms with van der Waals surface area (Å²) in [4.78, 5) is 30.3. The Kier molecular flexibility index (Phi) is 10.6. The lowest BCUT2D eigenvalue weighted by Gasteiger charge is -2.40. The monoisotopic (exact) mass is 629 g/mol. The number of carbonyl (C=O) groups is 2. The number of hydrogen-bond donors (Lipinski definition) is 0. The molecule has 236 valence electrons. The predicted octanol–water partition coefficient (Wildman–Crippen LogP) is 5.60. The molecule has 3 aromatic carbocycles. The van der Waals surface area contributed by atoms with E-state index in [0.29, 0.717) is 43.1 Å². The van der Waals surface area contributed by atoms with Crippen molar-refractivity contribution in [2.75, 3.05) is 46.7 Å². The molecule has 0 spiro atoms. The summed E-state index contributed by atoms with van der Waals surface area (Å²) in [5.41, 5.74) is 2.34. The molecule has 1 aromatic heterocycles. The van der Waals surface area contributed by atoms with Crippen LogP contribution in [0.5, 0.6) is 17.2 Å². The third-order valence-electron chi connectivity index (χ3n) is 7.89. The first-order valence-corrected chi connectivity index (χ1v) is 16.0. The minimum atomic E-state index is -0.154. The summed E-state index contributed by atoms with van der Waals surface area (Å²) in [6.07, 6.45) is 2.08. The van der Waals surface area contributed by atoms with Gasteiger partial charge in [-0.2, -0.15) is 0 Å². The van der Waals surface area contributed by atoms with Crippen molar-refractivity contribution >= 4 is 23.6 Å². The van der Waals surface area contributed by atoms with Crippen LogP contribution in [0.2, 0.25) is 0 Å². The highest BCUT2D eigenvalue weighted by Crippen LogP contribution is 2.32. The third kappa shape index (κ3) is 7.25. The van der Waals surface area contributed by atoms with Crippen LogP contribution in [0, 0.1) is 0 Å². The van der Waals surface area contributed by atoms with E-state index in [2.05, 4.69) is 14.8 Å². The molecule has 0 radical (unpaired) electrons. The van der Waals surface area contributed by atoms with Crippen molar-refractivity contribution in [1.29, 1.82) is 0 Å². The molecular formula is C34H39N5O5S. The van der Waals surface area contributed by atoms with Crippen molar-refractivity contribution in [3.05, 3.63) is 78.4 Å². The van der Waals surface area contributed by atoms with E-state index in [1.807, 2.05) is 66.4 Å². The molecular weight excluding hydrogens is 590 g/mol. The number of methoxy groups -OCH3 is 3. The second-order valence-corrected chi connectivity index (χ2v) is 11.8. The summed E-state index contributed by atoms with van der Waals surface area (Å²) in [5.74, 6) is 3.26. The number of amides is 2. The van der Waals surface area contributed by atoms with Crippen LogP contribution in [0.15, 0.2) is 78.0 Å². The molecule has 0 bridgehead atoms. The zero-order valence-electron chi connectivity index (χ0n) is 26.1. The maximum absolute atomic E-state index is 13.5. The van der Waals surface area contributed by atoms with Gasteiger partial charge in [0.1, 0.15) is 22.8 Å². The Morgan fingerprint density at radius 2 is 1.56 bits per heavy atom. The summed E-state index contributed by atoms with van der Waals surface area (Å²) >= 11 is 1.63. The van der Waals surface area contributed by atoms with E-state index in [1.54, 1.807) is 42.0 Å². The van der Waals surface area contributed by atoms with Crippen LogP contribution >= 0.6 is 11.8 Å². The van der Waals surface area contributed by atoms with E-state index >= 15 is 0 Å². The number of carbonyl (C=O) groups excluding carboxylic acids is 2. The smallest absolute Gasteiger partial charge is 0.261 e. The summed E-state index contributed by atoms with van der Waals surface area (Å²) < 4.78 is 18.3. The molecule has 11 heteroatoms. The van der Waals surface area contributed by atoms with Crippen molar-refractivity contribution in [2.24, 2.45) is 0 Å². The molecule has 1 aliphatic rings. The van der Waals surface area contributed by atoms with Crippen molar-refractivity contribution in [2.45, 2.75) is 37.4 Å². The molecule has 1 aliphatic heterocycles. The number of thioether (sulfide) groups is 1. The van der Waals surface area contributed by atoms with E-state index in [9.17, 15) is 9.59 Å². The average molecular weight is 630 g/mol. The number of rotatable bonds is 12. The summed E-state index contributed by atoms with van der Waals surface area (Å²) in [5, 5.41) is 9.83. The molecule has 45 heavy (non-hydrogen) atoms. The zero-order valence-corrected chi connectivity index (χ0v) is 27.0. The van der Waals surface area contributed by atoms with E-state index in [-0.39, 0.29) is 17.9 Å². The molecule has 0 N–H and O–H groups in total. The molecule has 1 saturated heterocycles. The van der Waals surface area contributed by atoms with Gasteiger partial charge >= 0.3 is 0 Å². The van der Waals surface area contributed by atoms with Crippen molar-refractivity contribution < 1.29 is 23.8 Å². The summed E-state index contributed by atoms with van der Waals surface area (Å²) in [6, 6.07) is 23.0. The Hall–Kier alpha value is -4.51. The zero-order chi connectivity index (χ0) is 31.8. The summed E-state index contributed by atoms with van der Waals surface area (Å²) in [6.45, 7) is 3.41. The Morgan fingerprint density at radius 1 is 0.844 bits per heavy atom. The standard InChI is InChI=1S/C34H39N5O5S/c1-24-23-37(20-21-38(24)33(41)31-28(43-3)13-10-14-29(31)44-4)30(40)15-8-9-22-45-34-36-35-32(25-11-6-5-7-12-25)39(34)26-16-18-27(42-2)19-17-26/h5-7,10-14,16-19,24H,8-9,15,20-23H2,1-4H3. The highest BCUT2D eigenvalue weighted by Gasteiger charge is 2.32. The number of benzene rings is 3. The molecule has 5 rings (SSSR count). The topological polar surface area (TPSA) is 99.0 Å². The number of nitrogens with zero attached hydrogens (tertiary/aromatic N) is 5. The molecule has 0 saturated carbocycles. The molecule has 1 unspecified atom stereocenters. The van der Waals surface area contributed by atoms with Gasteiger partial charge in [-0.05, 0) is 56.2 Å². The number of piperazine rings is 1. The van der Waals surface area contributed by atoms with Crippen LogP contribution in [0.25, 0.3) is 17.1 Å². The van der Waals surface area contributed by atoms with E-state index in [1.165, 1.54) is 14.2 Å². The van der Waals surface area contributed by atoms with Crippen molar-refractivity contribution in [1.82, 2.24) is 24.6 Å². The van der Waals surface area contributed by atoms with Gasteiger partial charge in [0.15, 0.2) is 11.0 Å². The predicted molar refractivity (Wildman–Crippen MR) is 175 cm³/mol. The lowest BCUT2D eigenvalue weighted by Crippen LogP contribution is -2.55. The van der Waals surface area contributed by atoms with Crippen LogP contribution < -0.4 is 14.2 Å². The molecule has 4 aromatic rings. The molecule has 1 atom stereocenters. The van der Waals surface area contributed by atoms with Crippen LogP contribution in [0.1, 0.15) is 36.5 Å². The van der Waals surface area contributed by atoms with Gasteiger partial charge in [0.25, 0.3) is 5.91 Å². The van der Waals surface area contributed by atoms with Gasteiger partial charge in [-0.3, -0.25) is 14.2 Å². The molecule has 2 amide bonds. The maximum atomic E-state index is 13.5. The number of aromatic nitrogens is 3. The number of hydrogen-bond acceptors (Lipinski definition) is 8. The van der Waals surface area contributed by atoms with Gasteiger partial charge in [-0.15, -0.1) is 10.2 Å². The Balaban J connectivity index is 1.15. The Labute approximate surface area is 268 Å². The SMILES string of the molecule is COc1ccc(-n2c(SCCCCC(=O)N3CCN(C(=O)c4c(OC)cccc4OC)C(C)C3)nnc2-c2ccccc2)cc1. The van der Waals surface area contributed by atoms with E-state index < -0.39 is 0 Å². The van der Waals surface area contributed by atoms with Gasteiger partial charge in [0.05, 0.1) is 21.3 Å². The minimum Gasteiger partial charge on any atom is -0.497 e. The average Bonchev–Trinajstić information content (AvgIpc) is 3.51. The third-order valence-corrected chi connectivity index (χ3v) is 8.91. The Morgan fingerprint density at radius 3 is 2.20 bits per heavy atom. The summed E-state index contributed by atoms with van der Waals surface area (Å²) in [7, 11) is 4.73. The molecule has 1 fully saturated rings. The first-order chi connectivity index (χ1) is 21.9. The van der Waals surface area contributed by atoms with Gasteiger partial charge in [0.2, 0.25) is 5.91 Å². The van der Waals surface area contributed by atoms with Crippen LogP contribution in [0.3, 0.4) is 0 Å². The number of unbranched alkanes of at least 4 members (excludes halogenated alkanes) is 1. The van der Waals surface area contributed by atoms with Crippen LogP contribution in [-0.4, -0.2) is 89.1 Å². The lowest BCUT2D eigenvalue weighted by atomic mass is 10.1. The highest BCUT2D eigenvalue weighted by atomic mass is 32.2. The molecule has 0 aliphatic carbocycles. The van der Waals surface area contributed by atoms with Crippen LogP contribution in [0.4, 0.5) is 0 Å². The van der Waals surface area contributed by atoms with Crippen molar-refractivity contribution in [3.8, 4) is 34.3 Å². The van der Waals surface area contributed by atoms with Crippen LogP contribution in [-0.2, 0) is 4.79 Å². The van der Waals surface area contributed by atoms with Crippen molar-refractivity contribution in [3.63, 3.8) is 0 Å². The fourth-order valence-electron chi connectivity index (χ4n) is 5.49. The largest absolute Gasteiger partial charge is 0.497 e. The molecule has 2 heterocycles. The van der Waals surface area contributed by atoms with Gasteiger partial charge in [-0.1, -0.05) is 48.2 Å². The second-order valence-electron chi connectivity index (χ2n) is 10.7. The quantitative estimate of drug-likeness (QED) is 0.148. The normalized spacial score (nSPS) is 14.7. The van der Waals surface area contributed by atoms with Gasteiger partial charge in [-0.25, -0.2) is 0 Å². The lowest BCUT2D eigenvalue weighted by molar-refractivity contribution is -0.133. The first-order valence-electron chi connectivity index (χ1n) is 15.0. The fourth-order valence-corrected chi connectivity index (χ4v) is 6.44. The Bertz CT molecular complexity index is 1570. The minimum absolute atomic E-state index is 0.113. The fraction of sp³-hybridized carbons (Fsp3) is 0.353. The second kappa shape index (κ2) is 15.0. The van der Waals surface area contributed by atoms with Gasteiger partial charge < -0.3 is 24.0 Å². The first kappa shape index (κ1) is 31.9. The number of ether oxygens (including phenoxy) is 3. The highest BCUT2D eigenvalue weighted by molar-refractivity contribution is 7.99. The van der Waals surface area contributed by atoms with Gasteiger partial charge in [0, 0.05) is 49.1 Å². The van der Waals surface area contributed by atoms with E-state index in [4.69, 9.17) is 14.2 Å². The molecule has 10 nitrogen and oxygen atoms in total.